The summed E-state index contributed by atoms with van der Waals surface area (Å²) in [5, 5.41) is 0. The SMILES string of the molecule is C1=CC/C(=C2/C=[As][As]=[As]2)C=C1. The molecule has 11 heavy (non-hydrogen) atoms. The zero-order valence-corrected chi connectivity index (χ0v) is 11.6. The van der Waals surface area contributed by atoms with Crippen molar-refractivity contribution in [2.24, 2.45) is 0 Å². The van der Waals surface area contributed by atoms with E-state index in [4.69, 9.17) is 0 Å². The van der Waals surface area contributed by atoms with E-state index in [0.717, 1.165) is 11.1 Å². The summed E-state index contributed by atoms with van der Waals surface area (Å²) in [6.07, 6.45) is 10.1. The molecular weight excluding hydrogens is 321 g/mol. The fraction of sp³-hybridized carbons (Fsp3) is 0.125. The van der Waals surface area contributed by atoms with Gasteiger partial charge in [0.1, 0.15) is 0 Å². The van der Waals surface area contributed by atoms with Crippen molar-refractivity contribution in [3.05, 3.63) is 34.2 Å². The van der Waals surface area contributed by atoms with Gasteiger partial charge in [-0.25, -0.2) is 0 Å². The van der Waals surface area contributed by atoms with Crippen LogP contribution in [-0.4, -0.2) is 42.3 Å². The number of hydrogen-bond donors (Lipinski definition) is 0. The minimum absolute atomic E-state index is 0.660. The van der Waals surface area contributed by atoms with Crippen LogP contribution in [0.2, 0.25) is 0 Å². The maximum absolute atomic E-state index is 2.56. The van der Waals surface area contributed by atoms with Crippen LogP contribution in [0, 0.1) is 0 Å². The summed E-state index contributed by atoms with van der Waals surface area (Å²) < 4.78 is 1.77. The van der Waals surface area contributed by atoms with Gasteiger partial charge in [0.25, 0.3) is 0 Å². The van der Waals surface area contributed by atoms with Crippen molar-refractivity contribution in [1.29, 1.82) is 0 Å². The van der Waals surface area contributed by atoms with E-state index in [-0.39, 0.29) is 0 Å². The third-order valence-electron chi connectivity index (χ3n) is 1.60. The molecule has 0 saturated carbocycles. The van der Waals surface area contributed by atoms with Gasteiger partial charge in [0.15, 0.2) is 0 Å². The minimum atomic E-state index is 0.660. The molecule has 0 nitrogen and oxygen atoms in total. The summed E-state index contributed by atoms with van der Waals surface area (Å²) in [4.78, 5) is 2.56. The summed E-state index contributed by atoms with van der Waals surface area (Å²) >= 11 is 2.17. The Morgan fingerprint density at radius 1 is 1.27 bits per heavy atom. The molecule has 0 aromatic carbocycles. The van der Waals surface area contributed by atoms with Crippen molar-refractivity contribution < 1.29 is 0 Å². The summed E-state index contributed by atoms with van der Waals surface area (Å²) in [6, 6.07) is 0. The van der Waals surface area contributed by atoms with Crippen molar-refractivity contribution >= 4 is 42.3 Å². The molecule has 0 unspecified atom stereocenters. The number of allylic oxidation sites excluding steroid dienone is 6. The van der Waals surface area contributed by atoms with Crippen molar-refractivity contribution in [1.82, 2.24) is 0 Å². The molecule has 0 aromatic heterocycles. The summed E-state index contributed by atoms with van der Waals surface area (Å²) in [5.74, 6) is 0. The predicted molar refractivity (Wildman–Crippen MR) is 53.2 cm³/mol. The van der Waals surface area contributed by atoms with Gasteiger partial charge in [0.2, 0.25) is 0 Å². The van der Waals surface area contributed by atoms with Gasteiger partial charge >= 0.3 is 82.9 Å². The van der Waals surface area contributed by atoms with Gasteiger partial charge in [-0.05, 0) is 0 Å². The zero-order chi connectivity index (χ0) is 7.52. The predicted octanol–water partition coefficient (Wildman–Crippen LogP) is 0.515. The fourth-order valence-corrected chi connectivity index (χ4v) is 25.2. The van der Waals surface area contributed by atoms with E-state index in [1.807, 2.05) is 0 Å². The molecule has 54 valence electrons. The normalized spacial score (nSPS) is 31.3. The molecule has 0 saturated heterocycles. The Labute approximate surface area is 82.3 Å². The first kappa shape index (κ1) is 8.37. The Morgan fingerprint density at radius 3 is 2.91 bits per heavy atom. The average molecular weight is 328 g/mol. The second-order valence-corrected chi connectivity index (χ2v) is 21.9. The van der Waals surface area contributed by atoms with E-state index in [1.165, 1.54) is 6.42 Å². The van der Waals surface area contributed by atoms with Crippen LogP contribution < -0.4 is 0 Å². The molecule has 1 aliphatic carbocycles. The first-order chi connectivity index (χ1) is 5.47. The van der Waals surface area contributed by atoms with Crippen LogP contribution >= 0.6 is 0 Å². The van der Waals surface area contributed by atoms with Crippen LogP contribution in [0.25, 0.3) is 0 Å². The molecule has 0 N–H and O–H groups in total. The number of rotatable bonds is 0. The topological polar surface area (TPSA) is 0 Å². The Hall–Kier alpha value is 0.765. The molecule has 0 spiro atoms. The monoisotopic (exact) mass is 328 g/mol. The van der Waals surface area contributed by atoms with Crippen molar-refractivity contribution in [2.45, 2.75) is 6.42 Å². The quantitative estimate of drug-likeness (QED) is 0.569. The van der Waals surface area contributed by atoms with E-state index >= 15 is 0 Å². The standard InChI is InChI=1S/C8H7As3/c1-2-4-7(5-3-1)8-6-9-11-10-8/h1-4,6H,5H2/b8-7-. The second kappa shape index (κ2) is 4.13. The van der Waals surface area contributed by atoms with E-state index in [2.05, 4.69) is 29.1 Å². The third kappa shape index (κ3) is 2.12. The Bertz CT molecular complexity index is 291. The van der Waals surface area contributed by atoms with Crippen LogP contribution in [0.4, 0.5) is 0 Å². The molecule has 1 heterocycles. The van der Waals surface area contributed by atoms with E-state index in [9.17, 15) is 0 Å². The molecule has 0 amide bonds. The van der Waals surface area contributed by atoms with Gasteiger partial charge in [-0.2, -0.15) is 0 Å². The maximum atomic E-state index is 2.56. The molecule has 3 heteroatoms. The van der Waals surface area contributed by atoms with Crippen molar-refractivity contribution in [2.75, 3.05) is 0 Å². The first-order valence-corrected chi connectivity index (χ1v) is 15.9. The molecule has 2 rings (SSSR count). The molecule has 1 aliphatic heterocycles. The fourth-order valence-electron chi connectivity index (χ4n) is 1.03. The Morgan fingerprint density at radius 2 is 2.27 bits per heavy atom. The molecule has 0 fully saturated rings. The van der Waals surface area contributed by atoms with Gasteiger partial charge in [-0.1, -0.05) is 0 Å². The summed E-state index contributed by atoms with van der Waals surface area (Å²) in [5.41, 5.74) is 1.62. The van der Waals surface area contributed by atoms with Crippen LogP contribution in [0.1, 0.15) is 6.42 Å². The summed E-state index contributed by atoms with van der Waals surface area (Å²) in [7, 11) is 0. The molecule has 2 aliphatic rings. The zero-order valence-electron chi connectivity index (χ0n) is 5.94. The van der Waals surface area contributed by atoms with Crippen LogP contribution in [0.15, 0.2) is 34.2 Å². The van der Waals surface area contributed by atoms with E-state index in [1.54, 1.807) is 9.93 Å². The van der Waals surface area contributed by atoms with Gasteiger partial charge in [-0.15, -0.1) is 0 Å². The molecular formula is C8H7As3. The third-order valence-corrected chi connectivity index (χ3v) is 21.7. The van der Waals surface area contributed by atoms with Gasteiger partial charge < -0.3 is 0 Å². The number of hydrogen-bond acceptors (Lipinski definition) is 0. The van der Waals surface area contributed by atoms with Crippen LogP contribution in [0.3, 0.4) is 0 Å². The Balaban J connectivity index is 2.33. The molecule has 0 atom stereocenters. The van der Waals surface area contributed by atoms with Gasteiger partial charge in [0.05, 0.1) is 0 Å². The van der Waals surface area contributed by atoms with Gasteiger partial charge in [0, 0.05) is 0 Å². The second-order valence-electron chi connectivity index (χ2n) is 2.34. The van der Waals surface area contributed by atoms with Crippen molar-refractivity contribution in [3.8, 4) is 0 Å². The molecule has 0 aromatic rings. The summed E-state index contributed by atoms with van der Waals surface area (Å²) in [6.45, 7) is 0. The van der Waals surface area contributed by atoms with Gasteiger partial charge in [-0.3, -0.25) is 0 Å². The van der Waals surface area contributed by atoms with Crippen molar-refractivity contribution in [3.63, 3.8) is 0 Å². The van der Waals surface area contributed by atoms with Crippen LogP contribution in [-0.2, 0) is 0 Å². The average Bonchev–Trinajstić information content (AvgIpc) is 2.58. The van der Waals surface area contributed by atoms with Crippen LogP contribution in [0.5, 0.6) is 0 Å². The molecule has 0 radical (unpaired) electrons. The first-order valence-electron chi connectivity index (χ1n) is 3.47. The van der Waals surface area contributed by atoms with E-state index < -0.39 is 0 Å². The molecule has 0 bridgehead atoms. The Kier molecular flexibility index (Phi) is 3.14. The van der Waals surface area contributed by atoms with E-state index in [0.29, 0.717) is 26.4 Å².